The Kier molecular flexibility index (Phi) is 5.72. The summed E-state index contributed by atoms with van der Waals surface area (Å²) in [6.07, 6.45) is 0. The Morgan fingerprint density at radius 2 is 2.25 bits per heavy atom. The second-order valence-corrected chi connectivity index (χ2v) is 1.85. The average Bonchev–Trinajstić information content (AvgIpc) is 2.02. The first-order chi connectivity index (χ1) is 5.70. The summed E-state index contributed by atoms with van der Waals surface area (Å²) < 4.78 is 4.77. The lowest BCUT2D eigenvalue weighted by molar-refractivity contribution is 0.108. The molecule has 0 spiro atoms. The Morgan fingerprint density at radius 1 is 1.58 bits per heavy atom. The van der Waals surface area contributed by atoms with Gasteiger partial charge in [-0.25, -0.2) is 10.3 Å². The standard InChI is InChI=1S/C6H13N3O3/c1-3-12-5(7)4-8-6(10)9-11-2/h7H,3-4H2,1-2H3,(H2,8,9,10). The minimum Gasteiger partial charge on any atom is -0.480 e. The SMILES string of the molecule is CCOC(=N)CNC(=O)NOC. The van der Waals surface area contributed by atoms with Crippen LogP contribution in [0.25, 0.3) is 0 Å². The van der Waals surface area contributed by atoms with Gasteiger partial charge < -0.3 is 10.1 Å². The molecule has 12 heavy (non-hydrogen) atoms. The first kappa shape index (κ1) is 10.7. The van der Waals surface area contributed by atoms with Gasteiger partial charge in [-0.2, -0.15) is 0 Å². The number of carbonyl (C=O) groups is 1. The second kappa shape index (κ2) is 6.41. The summed E-state index contributed by atoms with van der Waals surface area (Å²) in [5.74, 6) is 0.0174. The van der Waals surface area contributed by atoms with Gasteiger partial charge in [0.15, 0.2) is 5.90 Å². The Hall–Kier alpha value is -1.30. The highest BCUT2D eigenvalue weighted by molar-refractivity contribution is 5.81. The zero-order valence-electron chi connectivity index (χ0n) is 7.14. The van der Waals surface area contributed by atoms with E-state index in [0.717, 1.165) is 0 Å². The van der Waals surface area contributed by atoms with Crippen LogP contribution in [0.3, 0.4) is 0 Å². The van der Waals surface area contributed by atoms with Gasteiger partial charge in [-0.1, -0.05) is 0 Å². The molecule has 0 heterocycles. The van der Waals surface area contributed by atoms with E-state index in [1.165, 1.54) is 7.11 Å². The molecule has 0 aliphatic heterocycles. The van der Waals surface area contributed by atoms with Crippen LogP contribution in [0.5, 0.6) is 0 Å². The summed E-state index contributed by atoms with van der Waals surface area (Å²) in [6.45, 7) is 2.25. The molecule has 0 aliphatic rings. The highest BCUT2D eigenvalue weighted by Gasteiger charge is 2.00. The van der Waals surface area contributed by atoms with E-state index < -0.39 is 6.03 Å². The molecule has 0 fully saturated rings. The number of ether oxygens (including phenoxy) is 1. The molecule has 0 atom stereocenters. The predicted molar refractivity (Wildman–Crippen MR) is 42.9 cm³/mol. The molecule has 0 saturated heterocycles. The molecule has 0 unspecified atom stereocenters. The molecular weight excluding hydrogens is 162 g/mol. The van der Waals surface area contributed by atoms with Crippen molar-refractivity contribution in [2.24, 2.45) is 0 Å². The highest BCUT2D eigenvalue weighted by atomic mass is 16.6. The molecule has 70 valence electrons. The zero-order valence-corrected chi connectivity index (χ0v) is 7.14. The van der Waals surface area contributed by atoms with Gasteiger partial charge in [0.25, 0.3) is 0 Å². The number of hydrogen-bond acceptors (Lipinski definition) is 4. The van der Waals surface area contributed by atoms with Crippen LogP contribution < -0.4 is 10.8 Å². The third-order valence-electron chi connectivity index (χ3n) is 0.923. The maximum atomic E-state index is 10.7. The van der Waals surface area contributed by atoms with Crippen molar-refractivity contribution >= 4 is 11.9 Å². The van der Waals surface area contributed by atoms with E-state index in [-0.39, 0.29) is 12.4 Å². The fourth-order valence-corrected chi connectivity index (χ4v) is 0.515. The summed E-state index contributed by atoms with van der Waals surface area (Å²) >= 11 is 0. The average molecular weight is 175 g/mol. The molecule has 0 rings (SSSR count). The van der Waals surface area contributed by atoms with Crippen LogP contribution in [0.15, 0.2) is 0 Å². The first-order valence-corrected chi connectivity index (χ1v) is 3.47. The molecule has 0 radical (unpaired) electrons. The van der Waals surface area contributed by atoms with Gasteiger partial charge in [0, 0.05) is 0 Å². The third kappa shape index (κ3) is 5.48. The monoisotopic (exact) mass is 175 g/mol. The largest absolute Gasteiger partial charge is 0.480 e. The highest BCUT2D eigenvalue weighted by Crippen LogP contribution is 1.75. The van der Waals surface area contributed by atoms with Crippen molar-refractivity contribution in [2.45, 2.75) is 6.92 Å². The summed E-state index contributed by atoms with van der Waals surface area (Å²) in [4.78, 5) is 15.0. The molecule has 0 aromatic heterocycles. The van der Waals surface area contributed by atoms with Crippen molar-refractivity contribution in [3.8, 4) is 0 Å². The molecule has 0 saturated carbocycles. The number of carbonyl (C=O) groups excluding carboxylic acids is 1. The lowest BCUT2D eigenvalue weighted by Gasteiger charge is -2.06. The van der Waals surface area contributed by atoms with E-state index in [1.807, 2.05) is 5.48 Å². The molecule has 0 aromatic rings. The Labute approximate surface area is 70.7 Å². The maximum Gasteiger partial charge on any atom is 0.339 e. The van der Waals surface area contributed by atoms with Gasteiger partial charge in [-0.3, -0.25) is 10.2 Å². The van der Waals surface area contributed by atoms with Crippen molar-refractivity contribution in [2.75, 3.05) is 20.3 Å². The van der Waals surface area contributed by atoms with Gasteiger partial charge in [-0.05, 0) is 6.92 Å². The minimum absolute atomic E-state index is 0.0174. The second-order valence-electron chi connectivity index (χ2n) is 1.85. The third-order valence-corrected chi connectivity index (χ3v) is 0.923. The number of nitrogens with one attached hydrogen (secondary N) is 3. The van der Waals surface area contributed by atoms with Crippen LogP contribution in [0.2, 0.25) is 0 Å². The van der Waals surface area contributed by atoms with Crippen LogP contribution in [0.4, 0.5) is 4.79 Å². The van der Waals surface area contributed by atoms with E-state index in [4.69, 9.17) is 10.1 Å². The normalized spacial score (nSPS) is 8.83. The molecule has 0 aromatic carbocycles. The summed E-state index contributed by atoms with van der Waals surface area (Å²) in [5, 5.41) is 9.45. The Balaban J connectivity index is 3.40. The molecule has 6 heteroatoms. The van der Waals surface area contributed by atoms with E-state index in [1.54, 1.807) is 6.92 Å². The van der Waals surface area contributed by atoms with Gasteiger partial charge in [-0.15, -0.1) is 0 Å². The van der Waals surface area contributed by atoms with Crippen LogP contribution in [-0.2, 0) is 9.57 Å². The van der Waals surface area contributed by atoms with Crippen LogP contribution >= 0.6 is 0 Å². The van der Waals surface area contributed by atoms with Crippen molar-refractivity contribution in [1.29, 1.82) is 5.41 Å². The lowest BCUT2D eigenvalue weighted by atomic mass is 10.6. The number of hydroxylamine groups is 1. The van der Waals surface area contributed by atoms with Crippen molar-refractivity contribution in [1.82, 2.24) is 10.8 Å². The maximum absolute atomic E-state index is 10.7. The first-order valence-electron chi connectivity index (χ1n) is 3.47. The summed E-state index contributed by atoms with van der Waals surface area (Å²) in [5.41, 5.74) is 2.04. The number of hydrogen-bond donors (Lipinski definition) is 3. The van der Waals surface area contributed by atoms with Gasteiger partial charge in [0.2, 0.25) is 0 Å². The Morgan fingerprint density at radius 3 is 2.75 bits per heavy atom. The number of amides is 2. The summed E-state index contributed by atoms with van der Waals surface area (Å²) in [7, 11) is 1.33. The van der Waals surface area contributed by atoms with E-state index in [0.29, 0.717) is 6.61 Å². The fraction of sp³-hybridized carbons (Fsp3) is 0.667. The van der Waals surface area contributed by atoms with E-state index in [9.17, 15) is 4.79 Å². The Bertz CT molecular complexity index is 142. The number of urea groups is 1. The van der Waals surface area contributed by atoms with Crippen molar-refractivity contribution < 1.29 is 14.4 Å². The van der Waals surface area contributed by atoms with Gasteiger partial charge >= 0.3 is 6.03 Å². The number of rotatable bonds is 4. The quantitative estimate of drug-likeness (QED) is 0.316. The minimum atomic E-state index is -0.498. The molecule has 6 nitrogen and oxygen atoms in total. The van der Waals surface area contributed by atoms with Crippen LogP contribution in [0.1, 0.15) is 6.92 Å². The molecule has 3 N–H and O–H groups in total. The molecule has 0 aliphatic carbocycles. The van der Waals surface area contributed by atoms with Crippen molar-refractivity contribution in [3.05, 3.63) is 0 Å². The van der Waals surface area contributed by atoms with Gasteiger partial charge in [0.1, 0.15) is 0 Å². The predicted octanol–water partition coefficient (Wildman–Crippen LogP) is -0.139. The van der Waals surface area contributed by atoms with Crippen LogP contribution in [-0.4, -0.2) is 32.2 Å². The lowest BCUT2D eigenvalue weighted by Crippen LogP contribution is -2.38. The van der Waals surface area contributed by atoms with Crippen LogP contribution in [0, 0.1) is 5.41 Å². The summed E-state index contributed by atoms with van der Waals surface area (Å²) in [6, 6.07) is -0.498. The molecule has 0 bridgehead atoms. The molecule has 2 amide bonds. The van der Waals surface area contributed by atoms with E-state index in [2.05, 4.69) is 10.2 Å². The molecular formula is C6H13N3O3. The van der Waals surface area contributed by atoms with Crippen molar-refractivity contribution in [3.63, 3.8) is 0 Å². The smallest absolute Gasteiger partial charge is 0.339 e. The van der Waals surface area contributed by atoms with Gasteiger partial charge in [0.05, 0.1) is 20.3 Å². The topological polar surface area (TPSA) is 83.4 Å². The van der Waals surface area contributed by atoms with E-state index >= 15 is 0 Å². The fourth-order valence-electron chi connectivity index (χ4n) is 0.515. The zero-order chi connectivity index (χ0) is 9.40.